The number of carbonyl (C=O) groups excluding carboxylic acids is 5. The number of amides is 5. The van der Waals surface area contributed by atoms with Gasteiger partial charge in [-0.15, -0.1) is 0 Å². The summed E-state index contributed by atoms with van der Waals surface area (Å²) in [5.41, 5.74) is 8.57. The largest absolute Gasteiger partial charge is 0.445 e. The van der Waals surface area contributed by atoms with Gasteiger partial charge in [0.2, 0.25) is 11.8 Å². The topological polar surface area (TPSA) is 199 Å². The van der Waals surface area contributed by atoms with Crippen molar-refractivity contribution in [1.29, 1.82) is 0 Å². The Labute approximate surface area is 285 Å². The predicted octanol–water partition coefficient (Wildman–Crippen LogP) is 2.86. The number of alkyl carbamates (subject to hydrolysis) is 3. The highest BCUT2D eigenvalue weighted by Crippen LogP contribution is 2.04. The smallest absolute Gasteiger partial charge is 0.407 e. The molecule has 7 N–H and O–H groups in total. The van der Waals surface area contributed by atoms with Gasteiger partial charge < -0.3 is 46.5 Å². The summed E-state index contributed by atoms with van der Waals surface area (Å²) in [5, 5.41) is 13.0. The van der Waals surface area contributed by atoms with E-state index in [1.165, 1.54) is 0 Å². The first kappa shape index (κ1) is 37.8. The molecule has 2 atom stereocenters. The molecule has 0 bridgehead atoms. The van der Waals surface area contributed by atoms with Crippen LogP contribution in [0.25, 0.3) is 0 Å². The Balaban J connectivity index is 1.40. The first-order valence-electron chi connectivity index (χ1n) is 16.0. The van der Waals surface area contributed by atoms with Crippen molar-refractivity contribution in [2.75, 3.05) is 26.2 Å². The van der Waals surface area contributed by atoms with Crippen LogP contribution in [0.3, 0.4) is 0 Å². The number of ether oxygens (including phenoxy) is 3. The van der Waals surface area contributed by atoms with E-state index in [2.05, 4.69) is 26.6 Å². The molecule has 0 saturated heterocycles. The summed E-state index contributed by atoms with van der Waals surface area (Å²) in [6, 6.07) is 25.5. The van der Waals surface area contributed by atoms with Crippen LogP contribution in [0.15, 0.2) is 91.0 Å². The fourth-order valence-corrected chi connectivity index (χ4v) is 4.31. The van der Waals surface area contributed by atoms with Crippen molar-refractivity contribution in [2.24, 2.45) is 5.73 Å². The van der Waals surface area contributed by atoms with Gasteiger partial charge in [-0.05, 0) is 36.0 Å². The van der Waals surface area contributed by atoms with Crippen molar-refractivity contribution in [3.05, 3.63) is 108 Å². The average Bonchev–Trinajstić information content (AvgIpc) is 3.13. The molecule has 0 aliphatic heterocycles. The van der Waals surface area contributed by atoms with Gasteiger partial charge in [0.05, 0.1) is 6.04 Å². The third-order valence-corrected chi connectivity index (χ3v) is 6.97. The minimum atomic E-state index is -1.05. The van der Waals surface area contributed by atoms with Gasteiger partial charge >= 0.3 is 18.3 Å². The molecule has 0 radical (unpaired) electrons. The van der Waals surface area contributed by atoms with Crippen LogP contribution >= 0.6 is 0 Å². The van der Waals surface area contributed by atoms with Crippen LogP contribution in [0.2, 0.25) is 0 Å². The fraction of sp³-hybridized carbons (Fsp3) is 0.343. The van der Waals surface area contributed by atoms with Crippen LogP contribution in [-0.4, -0.2) is 68.4 Å². The van der Waals surface area contributed by atoms with Crippen LogP contribution in [0.5, 0.6) is 0 Å². The summed E-state index contributed by atoms with van der Waals surface area (Å²) in [6.07, 6.45) is -1.28. The maximum atomic E-state index is 13.0. The average molecular weight is 677 g/mol. The fourth-order valence-electron chi connectivity index (χ4n) is 4.31. The van der Waals surface area contributed by atoms with Gasteiger partial charge in [0.1, 0.15) is 25.9 Å². The van der Waals surface area contributed by atoms with Gasteiger partial charge in [0, 0.05) is 26.2 Å². The Hall–Kier alpha value is -5.63. The molecule has 0 fully saturated rings. The maximum Gasteiger partial charge on any atom is 0.407 e. The summed E-state index contributed by atoms with van der Waals surface area (Å²) in [4.78, 5) is 62.1. The Morgan fingerprint density at radius 1 is 0.510 bits per heavy atom. The van der Waals surface area contributed by atoms with E-state index in [0.29, 0.717) is 6.42 Å². The highest BCUT2D eigenvalue weighted by Gasteiger charge is 2.24. The van der Waals surface area contributed by atoms with E-state index >= 15 is 0 Å². The number of carbonyl (C=O) groups is 5. The Kier molecular flexibility index (Phi) is 17.0. The first-order chi connectivity index (χ1) is 23.8. The molecular formula is C35H44N6O8. The SMILES string of the molecule is N[C@@H](CCCNC(=O)OCc1ccccc1)C(=O)N[C@@H](CCNC(=O)OCc1ccccc1)C(=O)NCCNC(=O)OCc1ccccc1. The minimum Gasteiger partial charge on any atom is -0.445 e. The van der Waals surface area contributed by atoms with E-state index in [9.17, 15) is 24.0 Å². The Morgan fingerprint density at radius 3 is 1.39 bits per heavy atom. The summed E-state index contributed by atoms with van der Waals surface area (Å²) in [5.74, 6) is -1.12. The first-order valence-corrected chi connectivity index (χ1v) is 16.0. The molecule has 262 valence electrons. The van der Waals surface area contributed by atoms with Crippen LogP contribution < -0.4 is 32.3 Å². The van der Waals surface area contributed by atoms with E-state index in [4.69, 9.17) is 19.9 Å². The highest BCUT2D eigenvalue weighted by atomic mass is 16.6. The molecule has 49 heavy (non-hydrogen) atoms. The number of hydrogen-bond acceptors (Lipinski definition) is 9. The molecule has 0 aliphatic carbocycles. The van der Waals surface area contributed by atoms with Crippen LogP contribution in [0, 0.1) is 0 Å². The second kappa shape index (κ2) is 22.0. The van der Waals surface area contributed by atoms with E-state index in [1.54, 1.807) is 0 Å². The third-order valence-electron chi connectivity index (χ3n) is 6.97. The van der Waals surface area contributed by atoms with Gasteiger partial charge in [-0.25, -0.2) is 14.4 Å². The lowest BCUT2D eigenvalue weighted by Gasteiger charge is -2.21. The van der Waals surface area contributed by atoms with E-state index in [-0.39, 0.29) is 58.8 Å². The van der Waals surface area contributed by atoms with Gasteiger partial charge in [0.25, 0.3) is 0 Å². The zero-order valence-electron chi connectivity index (χ0n) is 27.2. The maximum absolute atomic E-state index is 13.0. The van der Waals surface area contributed by atoms with E-state index < -0.39 is 42.2 Å². The van der Waals surface area contributed by atoms with Gasteiger partial charge in [-0.3, -0.25) is 9.59 Å². The quantitative estimate of drug-likeness (QED) is 0.0816. The lowest BCUT2D eigenvalue weighted by molar-refractivity contribution is -0.129. The summed E-state index contributed by atoms with van der Waals surface area (Å²) in [6.45, 7) is 0.673. The molecule has 0 aliphatic rings. The minimum absolute atomic E-state index is 0.0142. The van der Waals surface area contributed by atoms with Gasteiger partial charge in [-0.2, -0.15) is 0 Å². The van der Waals surface area contributed by atoms with Crippen LogP contribution in [-0.2, 0) is 43.6 Å². The van der Waals surface area contributed by atoms with Gasteiger partial charge in [0.15, 0.2) is 0 Å². The normalized spacial score (nSPS) is 11.6. The number of nitrogens with one attached hydrogen (secondary N) is 5. The van der Waals surface area contributed by atoms with E-state index in [0.717, 1.165) is 16.7 Å². The second-order valence-corrected chi connectivity index (χ2v) is 10.9. The molecule has 5 amide bonds. The molecular weight excluding hydrogens is 632 g/mol. The summed E-state index contributed by atoms with van der Waals surface area (Å²) >= 11 is 0. The molecule has 0 aromatic heterocycles. The van der Waals surface area contributed by atoms with Crippen LogP contribution in [0.1, 0.15) is 36.0 Å². The molecule has 0 heterocycles. The predicted molar refractivity (Wildman–Crippen MR) is 181 cm³/mol. The molecule has 0 unspecified atom stereocenters. The lowest BCUT2D eigenvalue weighted by Crippen LogP contribution is -2.53. The van der Waals surface area contributed by atoms with Gasteiger partial charge in [-0.1, -0.05) is 91.0 Å². The zero-order valence-corrected chi connectivity index (χ0v) is 27.2. The monoisotopic (exact) mass is 676 g/mol. The molecule has 0 spiro atoms. The number of rotatable bonds is 19. The third kappa shape index (κ3) is 16.2. The van der Waals surface area contributed by atoms with Crippen molar-refractivity contribution in [3.8, 4) is 0 Å². The van der Waals surface area contributed by atoms with Crippen molar-refractivity contribution in [1.82, 2.24) is 26.6 Å². The zero-order chi connectivity index (χ0) is 35.1. The van der Waals surface area contributed by atoms with Crippen molar-refractivity contribution >= 4 is 30.1 Å². The van der Waals surface area contributed by atoms with Crippen molar-refractivity contribution in [2.45, 2.75) is 51.2 Å². The second-order valence-electron chi connectivity index (χ2n) is 10.9. The van der Waals surface area contributed by atoms with E-state index in [1.807, 2.05) is 91.0 Å². The number of benzene rings is 3. The standard InChI is InChI=1S/C35H44N6O8/c36-29(17-10-19-38-33(44)47-23-26-11-4-1-5-12-26)31(42)41-30(18-20-39-34(45)48-24-27-13-6-2-7-14-27)32(43)37-21-22-40-35(46)49-25-28-15-8-3-9-16-28/h1-9,11-16,29-30H,10,17-25,36H2,(H,37,43)(H,38,44)(H,39,45)(H,40,46)(H,41,42)/t29-,30-/m0/s1. The van der Waals surface area contributed by atoms with Crippen molar-refractivity contribution in [3.63, 3.8) is 0 Å². The highest BCUT2D eigenvalue weighted by molar-refractivity contribution is 5.89. The molecule has 3 aromatic carbocycles. The molecule has 3 rings (SSSR count). The lowest BCUT2D eigenvalue weighted by atomic mass is 10.1. The Bertz CT molecular complexity index is 1450. The summed E-state index contributed by atoms with van der Waals surface area (Å²) in [7, 11) is 0. The molecule has 0 saturated carbocycles. The number of hydrogen-bond donors (Lipinski definition) is 6. The van der Waals surface area contributed by atoms with Crippen LogP contribution in [0.4, 0.5) is 14.4 Å². The number of nitrogens with two attached hydrogens (primary N) is 1. The van der Waals surface area contributed by atoms with Crippen molar-refractivity contribution < 1.29 is 38.2 Å². The summed E-state index contributed by atoms with van der Waals surface area (Å²) < 4.78 is 15.5. The molecule has 14 nitrogen and oxygen atoms in total. The Morgan fingerprint density at radius 2 is 0.918 bits per heavy atom. The molecule has 3 aromatic rings. The molecule has 14 heteroatoms.